The average molecular weight is 334 g/mol. The van der Waals surface area contributed by atoms with Gasteiger partial charge in [-0.1, -0.05) is 18.2 Å². The van der Waals surface area contributed by atoms with Crippen molar-refractivity contribution in [1.29, 1.82) is 0 Å². The van der Waals surface area contributed by atoms with E-state index in [1.807, 2.05) is 0 Å². The number of carboxylic acids is 1. The summed E-state index contributed by atoms with van der Waals surface area (Å²) < 4.78 is 29.2. The van der Waals surface area contributed by atoms with Crippen LogP contribution in [0.15, 0.2) is 65.8 Å². The number of aromatic carboxylic acids is 1. The molecular formula is C16H14O6S. The van der Waals surface area contributed by atoms with E-state index in [9.17, 15) is 18.3 Å². The third-order valence-electron chi connectivity index (χ3n) is 2.92. The van der Waals surface area contributed by atoms with Gasteiger partial charge in [-0.05, 0) is 30.3 Å². The smallest absolute Gasteiger partial charge is 0.339 e. The van der Waals surface area contributed by atoms with Crippen LogP contribution in [0.4, 0.5) is 0 Å². The van der Waals surface area contributed by atoms with Crippen molar-refractivity contribution in [2.75, 3.05) is 5.75 Å². The molecule has 23 heavy (non-hydrogen) atoms. The van der Waals surface area contributed by atoms with Crippen molar-refractivity contribution in [3.63, 3.8) is 0 Å². The Morgan fingerprint density at radius 2 is 1.83 bits per heavy atom. The highest BCUT2D eigenvalue weighted by molar-refractivity contribution is 7.91. The fraction of sp³-hybridized carbons (Fsp3) is 0.0625. The number of ether oxygens (including phenoxy) is 1. The van der Waals surface area contributed by atoms with Gasteiger partial charge >= 0.3 is 5.97 Å². The molecule has 0 aliphatic rings. The van der Waals surface area contributed by atoms with Crippen LogP contribution in [-0.4, -0.2) is 30.4 Å². The van der Waals surface area contributed by atoms with Gasteiger partial charge in [-0.3, -0.25) is 0 Å². The van der Waals surface area contributed by atoms with Gasteiger partial charge < -0.3 is 14.9 Å². The number of rotatable bonds is 6. The SMILES string of the molecule is O=C(O)c1ccc(OC=CCS(=O)(=O)c2ccccc2)cc1O. The van der Waals surface area contributed by atoms with Crippen LogP contribution in [0.3, 0.4) is 0 Å². The number of carboxylic acid groups (broad SMARTS) is 1. The fourth-order valence-electron chi connectivity index (χ4n) is 1.78. The van der Waals surface area contributed by atoms with Crippen LogP contribution in [0.5, 0.6) is 11.5 Å². The molecule has 120 valence electrons. The van der Waals surface area contributed by atoms with Gasteiger partial charge in [0.15, 0.2) is 9.84 Å². The van der Waals surface area contributed by atoms with E-state index in [1.165, 1.54) is 36.6 Å². The van der Waals surface area contributed by atoms with Crippen molar-refractivity contribution in [2.24, 2.45) is 0 Å². The molecule has 0 aromatic heterocycles. The Balaban J connectivity index is 2.00. The Morgan fingerprint density at radius 1 is 1.13 bits per heavy atom. The molecule has 0 amide bonds. The zero-order valence-electron chi connectivity index (χ0n) is 11.9. The number of phenols is 1. The highest BCUT2D eigenvalue weighted by Gasteiger charge is 2.12. The maximum absolute atomic E-state index is 12.0. The summed E-state index contributed by atoms with van der Waals surface area (Å²) >= 11 is 0. The van der Waals surface area contributed by atoms with Crippen LogP contribution in [-0.2, 0) is 9.84 Å². The standard InChI is InChI=1S/C16H14O6S/c17-15-11-12(7-8-14(15)16(18)19)22-9-4-10-23(20,21)13-5-2-1-3-6-13/h1-9,11,17H,10H2,(H,18,19). The highest BCUT2D eigenvalue weighted by atomic mass is 32.2. The third kappa shape index (κ3) is 4.33. The Morgan fingerprint density at radius 3 is 2.43 bits per heavy atom. The van der Waals surface area contributed by atoms with Crippen molar-refractivity contribution in [3.05, 3.63) is 66.4 Å². The van der Waals surface area contributed by atoms with Gasteiger partial charge in [0.25, 0.3) is 0 Å². The first-order chi connectivity index (χ1) is 10.9. The molecule has 0 saturated carbocycles. The molecule has 0 radical (unpaired) electrons. The van der Waals surface area contributed by atoms with Crippen LogP contribution in [0.2, 0.25) is 0 Å². The third-order valence-corrected chi connectivity index (χ3v) is 4.54. The van der Waals surface area contributed by atoms with Crippen LogP contribution in [0.1, 0.15) is 10.4 Å². The molecule has 0 bridgehead atoms. The summed E-state index contributed by atoms with van der Waals surface area (Å²) in [4.78, 5) is 11.0. The molecule has 2 aromatic carbocycles. The largest absolute Gasteiger partial charge is 0.507 e. The minimum absolute atomic E-state index is 0.195. The molecule has 0 aliphatic heterocycles. The van der Waals surface area contributed by atoms with E-state index in [1.54, 1.807) is 18.2 Å². The number of sulfone groups is 1. The van der Waals surface area contributed by atoms with E-state index < -0.39 is 21.6 Å². The Kier molecular flexibility index (Phi) is 5.02. The first kappa shape index (κ1) is 16.6. The molecule has 2 aromatic rings. The summed E-state index contributed by atoms with van der Waals surface area (Å²) in [7, 11) is -3.43. The molecule has 0 fully saturated rings. The lowest BCUT2D eigenvalue weighted by molar-refractivity contribution is 0.0693. The van der Waals surface area contributed by atoms with Crippen molar-refractivity contribution in [1.82, 2.24) is 0 Å². The highest BCUT2D eigenvalue weighted by Crippen LogP contribution is 2.23. The van der Waals surface area contributed by atoms with Gasteiger partial charge in [0.1, 0.15) is 17.1 Å². The van der Waals surface area contributed by atoms with Crippen molar-refractivity contribution in [2.45, 2.75) is 4.90 Å². The first-order valence-electron chi connectivity index (χ1n) is 6.56. The van der Waals surface area contributed by atoms with Crippen LogP contribution < -0.4 is 4.74 Å². The van der Waals surface area contributed by atoms with Gasteiger partial charge in [-0.25, -0.2) is 13.2 Å². The minimum Gasteiger partial charge on any atom is -0.507 e. The average Bonchev–Trinajstić information content (AvgIpc) is 2.52. The summed E-state index contributed by atoms with van der Waals surface area (Å²) in [6.45, 7) is 0. The van der Waals surface area contributed by atoms with Crippen LogP contribution in [0, 0.1) is 0 Å². The van der Waals surface area contributed by atoms with Crippen LogP contribution in [0.25, 0.3) is 0 Å². The normalized spacial score (nSPS) is 11.5. The summed E-state index contributed by atoms with van der Waals surface area (Å²) in [5.74, 6) is -1.73. The number of carbonyl (C=O) groups is 1. The molecule has 0 aliphatic carbocycles. The van der Waals surface area contributed by atoms with E-state index in [-0.39, 0.29) is 22.0 Å². The Labute approximate surface area is 133 Å². The molecule has 0 atom stereocenters. The van der Waals surface area contributed by atoms with Gasteiger partial charge in [0, 0.05) is 6.07 Å². The second kappa shape index (κ2) is 6.97. The zero-order chi connectivity index (χ0) is 16.9. The molecule has 0 spiro atoms. The first-order valence-corrected chi connectivity index (χ1v) is 8.21. The van der Waals surface area contributed by atoms with Crippen molar-refractivity contribution < 1.29 is 28.2 Å². The van der Waals surface area contributed by atoms with Gasteiger partial charge in [-0.15, -0.1) is 0 Å². The number of hydrogen-bond donors (Lipinski definition) is 2. The Hall–Kier alpha value is -2.80. The molecule has 7 heteroatoms. The zero-order valence-corrected chi connectivity index (χ0v) is 12.7. The topological polar surface area (TPSA) is 101 Å². The van der Waals surface area contributed by atoms with Gasteiger partial charge in [0.2, 0.25) is 0 Å². The molecular weight excluding hydrogens is 320 g/mol. The van der Waals surface area contributed by atoms with E-state index in [0.29, 0.717) is 0 Å². The monoisotopic (exact) mass is 334 g/mol. The number of hydrogen-bond acceptors (Lipinski definition) is 5. The van der Waals surface area contributed by atoms with E-state index in [4.69, 9.17) is 9.84 Å². The Bertz CT molecular complexity index is 825. The van der Waals surface area contributed by atoms with Crippen molar-refractivity contribution >= 4 is 15.8 Å². The summed E-state index contributed by atoms with van der Waals surface area (Å²) in [6.07, 6.45) is 2.50. The quantitative estimate of drug-likeness (QED) is 0.787. The van der Waals surface area contributed by atoms with E-state index in [2.05, 4.69) is 0 Å². The maximum Gasteiger partial charge on any atom is 0.339 e. The molecule has 0 unspecified atom stereocenters. The predicted octanol–water partition coefficient (Wildman–Crippen LogP) is 2.46. The van der Waals surface area contributed by atoms with Crippen LogP contribution >= 0.6 is 0 Å². The summed E-state index contributed by atoms with van der Waals surface area (Å²) in [5, 5.41) is 18.3. The molecule has 2 rings (SSSR count). The lowest BCUT2D eigenvalue weighted by atomic mass is 10.2. The molecule has 6 nitrogen and oxygen atoms in total. The summed E-state index contributed by atoms with van der Waals surface area (Å²) in [6, 6.07) is 11.7. The second-order valence-electron chi connectivity index (χ2n) is 4.57. The van der Waals surface area contributed by atoms with Gasteiger partial charge in [-0.2, -0.15) is 0 Å². The summed E-state index contributed by atoms with van der Waals surface area (Å²) in [5.41, 5.74) is -0.243. The molecule has 0 heterocycles. The van der Waals surface area contributed by atoms with Gasteiger partial charge in [0.05, 0.1) is 16.9 Å². The lowest BCUT2D eigenvalue weighted by Crippen LogP contribution is -2.04. The fourth-order valence-corrected chi connectivity index (χ4v) is 2.88. The van der Waals surface area contributed by atoms with E-state index >= 15 is 0 Å². The predicted molar refractivity (Wildman–Crippen MR) is 83.3 cm³/mol. The number of benzene rings is 2. The van der Waals surface area contributed by atoms with E-state index in [0.717, 1.165) is 6.07 Å². The molecule has 2 N–H and O–H groups in total. The van der Waals surface area contributed by atoms with Crippen molar-refractivity contribution in [3.8, 4) is 11.5 Å². The lowest BCUT2D eigenvalue weighted by Gasteiger charge is -2.04. The second-order valence-corrected chi connectivity index (χ2v) is 6.60. The minimum atomic E-state index is -3.43. The number of aromatic hydroxyl groups is 1. The molecule has 0 saturated heterocycles. The maximum atomic E-state index is 12.0.